The van der Waals surface area contributed by atoms with E-state index in [2.05, 4.69) is 34.9 Å². The minimum atomic E-state index is 0.431. The highest BCUT2D eigenvalue weighted by Gasteiger charge is 2.19. The van der Waals surface area contributed by atoms with Crippen LogP contribution in [0.1, 0.15) is 24.4 Å². The van der Waals surface area contributed by atoms with E-state index in [0.29, 0.717) is 25.1 Å². The van der Waals surface area contributed by atoms with Crippen LogP contribution in [0.5, 0.6) is 17.4 Å². The van der Waals surface area contributed by atoms with E-state index in [4.69, 9.17) is 19.2 Å². The number of nitrogens with one attached hydrogen (secondary N) is 2. The van der Waals surface area contributed by atoms with Gasteiger partial charge in [0, 0.05) is 17.3 Å². The molecule has 5 rings (SSSR count). The summed E-state index contributed by atoms with van der Waals surface area (Å²) in [6.07, 6.45) is 2.40. The summed E-state index contributed by atoms with van der Waals surface area (Å²) in [5, 5.41) is 7.01. The molecule has 0 bridgehead atoms. The van der Waals surface area contributed by atoms with Crippen LogP contribution in [-0.2, 0) is 0 Å². The summed E-state index contributed by atoms with van der Waals surface area (Å²) in [6.45, 7) is 2.18. The molecule has 0 aliphatic carbocycles. The highest BCUT2D eigenvalue weighted by molar-refractivity contribution is 5.75. The van der Waals surface area contributed by atoms with Gasteiger partial charge in [-0.1, -0.05) is 18.2 Å². The molecule has 1 atom stereocenters. The lowest BCUT2D eigenvalue weighted by atomic mass is 10.0. The predicted molar refractivity (Wildman–Crippen MR) is 117 cm³/mol. The Bertz CT molecular complexity index is 1050. The predicted octanol–water partition coefficient (Wildman–Crippen LogP) is 4.70. The van der Waals surface area contributed by atoms with Gasteiger partial charge < -0.3 is 24.8 Å². The second kappa shape index (κ2) is 8.24. The number of fused-ring (bicyclic) bond motifs is 1. The summed E-state index contributed by atoms with van der Waals surface area (Å²) in [7, 11) is 1.64. The number of benzene rings is 2. The van der Waals surface area contributed by atoms with Gasteiger partial charge in [0.2, 0.25) is 5.88 Å². The number of hydrogen-bond donors (Lipinski definition) is 2. The maximum absolute atomic E-state index is 5.84. The van der Waals surface area contributed by atoms with Gasteiger partial charge >= 0.3 is 0 Å². The number of para-hydroxylation sites is 1. The minimum absolute atomic E-state index is 0.431. The molecule has 0 unspecified atom stereocenters. The van der Waals surface area contributed by atoms with E-state index < -0.39 is 0 Å². The lowest BCUT2D eigenvalue weighted by molar-refractivity contribution is 0.172. The molecule has 0 radical (unpaired) electrons. The van der Waals surface area contributed by atoms with Crippen LogP contribution >= 0.6 is 0 Å². The van der Waals surface area contributed by atoms with Gasteiger partial charge in [0.05, 0.1) is 12.8 Å². The summed E-state index contributed by atoms with van der Waals surface area (Å²) >= 11 is 0. The number of aromatic nitrogens is 1. The first-order valence-corrected chi connectivity index (χ1v) is 10.4. The number of anilines is 2. The Morgan fingerprint density at radius 1 is 1.07 bits per heavy atom. The number of nitrogens with zero attached hydrogens (tertiary/aromatic N) is 1. The van der Waals surface area contributed by atoms with Gasteiger partial charge in [-0.15, -0.1) is 0 Å². The average Bonchev–Trinajstić information content (AvgIpc) is 3.34. The number of ether oxygens (including phenoxy) is 3. The van der Waals surface area contributed by atoms with Gasteiger partial charge in [0.1, 0.15) is 18.9 Å². The molecule has 3 aromatic rings. The number of rotatable bonds is 5. The largest absolute Gasteiger partial charge is 0.486 e. The Morgan fingerprint density at radius 2 is 1.97 bits per heavy atom. The van der Waals surface area contributed by atoms with Gasteiger partial charge in [-0.3, -0.25) is 0 Å². The normalized spacial score (nSPS) is 17.6. The molecule has 154 valence electrons. The third-order valence-corrected chi connectivity index (χ3v) is 5.52. The Hall–Kier alpha value is -3.25. The molecule has 0 spiro atoms. The molecule has 2 aliphatic rings. The quantitative estimate of drug-likeness (QED) is 0.644. The van der Waals surface area contributed by atoms with Crippen LogP contribution < -0.4 is 24.8 Å². The van der Waals surface area contributed by atoms with Crippen molar-refractivity contribution < 1.29 is 14.2 Å². The number of pyridine rings is 1. The van der Waals surface area contributed by atoms with Crippen molar-refractivity contribution in [3.05, 3.63) is 60.2 Å². The van der Waals surface area contributed by atoms with Crippen molar-refractivity contribution in [1.82, 2.24) is 10.3 Å². The first-order valence-electron chi connectivity index (χ1n) is 10.4. The molecule has 0 saturated carbocycles. The maximum Gasteiger partial charge on any atom is 0.238 e. The molecular weight excluding hydrogens is 378 g/mol. The molecule has 2 aromatic carbocycles. The molecular formula is C24H25N3O3. The van der Waals surface area contributed by atoms with E-state index >= 15 is 0 Å². The molecule has 6 heteroatoms. The standard InChI is InChI=1S/C24H25N3O3/c1-28-24-21(26-17-6-2-5-16(15-17)19-8-4-12-25-19)11-10-20(27-24)18-7-3-9-22-23(18)30-14-13-29-22/h2-3,5-7,9-11,15,19,25-26H,4,8,12-14H2,1H3/t19-/m1/s1. The van der Waals surface area contributed by atoms with Crippen molar-refractivity contribution in [2.75, 3.05) is 32.2 Å². The second-order valence-electron chi connectivity index (χ2n) is 7.48. The van der Waals surface area contributed by atoms with E-state index in [1.807, 2.05) is 30.3 Å². The second-order valence-corrected chi connectivity index (χ2v) is 7.48. The van der Waals surface area contributed by atoms with Crippen LogP contribution in [0.2, 0.25) is 0 Å². The van der Waals surface area contributed by atoms with Crippen molar-refractivity contribution in [1.29, 1.82) is 0 Å². The van der Waals surface area contributed by atoms with E-state index in [9.17, 15) is 0 Å². The van der Waals surface area contributed by atoms with Gasteiger partial charge in [0.15, 0.2) is 11.5 Å². The molecule has 1 aromatic heterocycles. The topological polar surface area (TPSA) is 64.6 Å². The summed E-state index contributed by atoms with van der Waals surface area (Å²) in [5.41, 5.74) is 4.81. The molecule has 0 amide bonds. The summed E-state index contributed by atoms with van der Waals surface area (Å²) in [5.74, 6) is 2.01. The first-order chi connectivity index (χ1) is 14.8. The van der Waals surface area contributed by atoms with Crippen LogP contribution in [-0.4, -0.2) is 31.9 Å². The summed E-state index contributed by atoms with van der Waals surface area (Å²) in [6, 6.07) is 18.8. The Morgan fingerprint density at radius 3 is 2.83 bits per heavy atom. The van der Waals surface area contributed by atoms with Gasteiger partial charge in [-0.2, -0.15) is 0 Å². The zero-order valence-electron chi connectivity index (χ0n) is 17.0. The van der Waals surface area contributed by atoms with Crippen molar-refractivity contribution >= 4 is 11.4 Å². The molecule has 1 saturated heterocycles. The highest BCUT2D eigenvalue weighted by atomic mass is 16.6. The molecule has 1 fully saturated rings. The Balaban J connectivity index is 1.43. The SMILES string of the molecule is COc1nc(-c2cccc3c2OCCO3)ccc1Nc1cccc([C@H]2CCCN2)c1. The smallest absolute Gasteiger partial charge is 0.238 e. The third kappa shape index (κ3) is 3.66. The molecule has 30 heavy (non-hydrogen) atoms. The fourth-order valence-electron chi connectivity index (χ4n) is 4.07. The van der Waals surface area contributed by atoms with E-state index in [-0.39, 0.29) is 0 Å². The highest BCUT2D eigenvalue weighted by Crippen LogP contribution is 2.40. The monoisotopic (exact) mass is 403 g/mol. The van der Waals surface area contributed by atoms with Crippen LogP contribution in [0.25, 0.3) is 11.3 Å². The van der Waals surface area contributed by atoms with Crippen LogP contribution in [0, 0.1) is 0 Å². The maximum atomic E-state index is 5.84. The van der Waals surface area contributed by atoms with Gasteiger partial charge in [0.25, 0.3) is 0 Å². The lowest BCUT2D eigenvalue weighted by Gasteiger charge is -2.21. The Kier molecular flexibility index (Phi) is 5.15. The fraction of sp³-hybridized carbons (Fsp3) is 0.292. The zero-order chi connectivity index (χ0) is 20.3. The molecule has 6 nitrogen and oxygen atoms in total. The minimum Gasteiger partial charge on any atom is -0.486 e. The van der Waals surface area contributed by atoms with Crippen LogP contribution in [0.3, 0.4) is 0 Å². The molecule has 2 N–H and O–H groups in total. The van der Waals surface area contributed by atoms with E-state index in [1.165, 1.54) is 18.4 Å². The van der Waals surface area contributed by atoms with E-state index in [0.717, 1.165) is 40.7 Å². The van der Waals surface area contributed by atoms with Crippen molar-refractivity contribution in [3.63, 3.8) is 0 Å². The van der Waals surface area contributed by atoms with Crippen LogP contribution in [0.15, 0.2) is 54.6 Å². The fourth-order valence-corrected chi connectivity index (χ4v) is 4.07. The average molecular weight is 403 g/mol. The summed E-state index contributed by atoms with van der Waals surface area (Å²) < 4.78 is 17.1. The van der Waals surface area contributed by atoms with Crippen molar-refractivity contribution in [2.24, 2.45) is 0 Å². The third-order valence-electron chi connectivity index (χ3n) is 5.52. The Labute approximate surface area is 176 Å². The zero-order valence-corrected chi connectivity index (χ0v) is 17.0. The number of hydrogen-bond acceptors (Lipinski definition) is 6. The lowest BCUT2D eigenvalue weighted by Crippen LogP contribution is -2.16. The van der Waals surface area contributed by atoms with Gasteiger partial charge in [-0.05, 0) is 61.3 Å². The van der Waals surface area contributed by atoms with Gasteiger partial charge in [-0.25, -0.2) is 4.98 Å². The van der Waals surface area contributed by atoms with E-state index in [1.54, 1.807) is 7.11 Å². The molecule has 3 heterocycles. The first kappa shape index (κ1) is 18.8. The molecule has 2 aliphatic heterocycles. The van der Waals surface area contributed by atoms with Crippen molar-refractivity contribution in [2.45, 2.75) is 18.9 Å². The summed E-state index contributed by atoms with van der Waals surface area (Å²) in [4.78, 5) is 4.73. The number of methoxy groups -OCH3 is 1. The van der Waals surface area contributed by atoms with Crippen molar-refractivity contribution in [3.8, 4) is 28.6 Å². The van der Waals surface area contributed by atoms with Crippen LogP contribution in [0.4, 0.5) is 11.4 Å².